The summed E-state index contributed by atoms with van der Waals surface area (Å²) < 4.78 is 64.7. The topological polar surface area (TPSA) is 92.2 Å². The number of nitrogens with zero attached hydrogens (tertiary/aromatic N) is 4. The third-order valence-corrected chi connectivity index (χ3v) is 5.67. The van der Waals surface area contributed by atoms with Crippen molar-refractivity contribution in [3.63, 3.8) is 0 Å². The summed E-state index contributed by atoms with van der Waals surface area (Å²) in [5.41, 5.74) is -1.34. The van der Waals surface area contributed by atoms with Gasteiger partial charge >= 0.3 is 6.18 Å². The number of aromatic nitrogens is 2. The molecular weight excluding hydrogens is 456 g/mol. The van der Waals surface area contributed by atoms with Crippen molar-refractivity contribution in [3.8, 4) is 17.5 Å². The highest BCUT2D eigenvalue weighted by Gasteiger charge is 2.49. The van der Waals surface area contributed by atoms with Crippen molar-refractivity contribution in [2.45, 2.75) is 39.1 Å². The second kappa shape index (κ2) is 8.59. The predicted molar refractivity (Wildman–Crippen MR) is 110 cm³/mol. The minimum atomic E-state index is -4.68. The zero-order chi connectivity index (χ0) is 24.7. The summed E-state index contributed by atoms with van der Waals surface area (Å²) in [4.78, 5) is 14.5. The molecule has 0 bridgehead atoms. The highest BCUT2D eigenvalue weighted by Crippen LogP contribution is 2.40. The molecule has 1 aromatic heterocycles. The summed E-state index contributed by atoms with van der Waals surface area (Å²) in [6, 6.07) is 7.26. The fraction of sp³-hybridized carbons (Fsp3) is 0.391. The van der Waals surface area contributed by atoms with Crippen molar-refractivity contribution in [1.29, 1.82) is 5.26 Å². The number of alkyl halides is 3. The molecule has 2 unspecified atom stereocenters. The van der Waals surface area contributed by atoms with Crippen LogP contribution >= 0.6 is 0 Å². The van der Waals surface area contributed by atoms with E-state index in [0.717, 1.165) is 6.08 Å². The lowest BCUT2D eigenvalue weighted by atomic mass is 9.89. The molecule has 1 fully saturated rings. The molecule has 2 atom stereocenters. The van der Waals surface area contributed by atoms with Crippen LogP contribution in [0.4, 0.5) is 17.6 Å². The molecule has 2 aliphatic rings. The molecule has 0 radical (unpaired) electrons. The summed E-state index contributed by atoms with van der Waals surface area (Å²) in [6.07, 6.45) is -3.71. The van der Waals surface area contributed by atoms with Crippen molar-refractivity contribution < 1.29 is 31.5 Å². The standard InChI is InChI=1S/C23H20F4N4O3/c1-22(2)12-31(11-18-29-30-20(34-18)13-4-3-5-15(24)8-13)21(32)19(22)33-16-7-6-14(10-28)17(9-16)23(25,26)27/h3-5,7-9,14,19H,6,11-12H2,1-2H3. The van der Waals surface area contributed by atoms with Crippen molar-refractivity contribution in [2.75, 3.05) is 6.54 Å². The van der Waals surface area contributed by atoms with Crippen LogP contribution in [0.3, 0.4) is 0 Å². The molecule has 0 N–H and O–H groups in total. The van der Waals surface area contributed by atoms with Crippen molar-refractivity contribution in [1.82, 2.24) is 15.1 Å². The van der Waals surface area contributed by atoms with Gasteiger partial charge in [-0.1, -0.05) is 19.9 Å². The number of benzene rings is 1. The monoisotopic (exact) mass is 476 g/mol. The molecule has 1 aromatic carbocycles. The van der Waals surface area contributed by atoms with E-state index in [1.807, 2.05) is 0 Å². The Morgan fingerprint density at radius 1 is 1.32 bits per heavy atom. The maximum atomic E-state index is 13.4. The summed E-state index contributed by atoms with van der Waals surface area (Å²) in [5, 5.41) is 16.8. The first-order valence-corrected chi connectivity index (χ1v) is 10.4. The molecule has 1 amide bonds. The Morgan fingerprint density at radius 3 is 2.76 bits per heavy atom. The van der Waals surface area contributed by atoms with Gasteiger partial charge in [0.2, 0.25) is 11.8 Å². The van der Waals surface area contributed by atoms with Crippen LogP contribution in [0.15, 0.2) is 52.2 Å². The van der Waals surface area contributed by atoms with Gasteiger partial charge in [0.25, 0.3) is 5.91 Å². The summed E-state index contributed by atoms with van der Waals surface area (Å²) >= 11 is 0. The number of hydrogen-bond donors (Lipinski definition) is 0. The van der Waals surface area contributed by atoms with Gasteiger partial charge in [0, 0.05) is 17.5 Å². The van der Waals surface area contributed by atoms with Gasteiger partial charge in [0.15, 0.2) is 6.10 Å². The molecule has 1 aliphatic heterocycles. The van der Waals surface area contributed by atoms with E-state index in [4.69, 9.17) is 14.4 Å². The van der Waals surface area contributed by atoms with Gasteiger partial charge in [-0.3, -0.25) is 4.79 Å². The molecule has 4 rings (SSSR count). The number of carbonyl (C=O) groups excluding carboxylic acids is 1. The van der Waals surface area contributed by atoms with E-state index in [2.05, 4.69) is 10.2 Å². The van der Waals surface area contributed by atoms with E-state index in [1.165, 1.54) is 29.2 Å². The first kappa shape index (κ1) is 23.5. The Hall–Kier alpha value is -3.68. The van der Waals surface area contributed by atoms with Crippen LogP contribution in [0.5, 0.6) is 0 Å². The number of ether oxygens (including phenoxy) is 1. The minimum absolute atomic E-state index is 0.0381. The number of likely N-dealkylation sites (tertiary alicyclic amines) is 1. The smallest absolute Gasteiger partial charge is 0.414 e. The maximum Gasteiger partial charge on any atom is 0.414 e. The maximum absolute atomic E-state index is 13.4. The van der Waals surface area contributed by atoms with E-state index in [0.29, 0.717) is 5.56 Å². The van der Waals surface area contributed by atoms with Gasteiger partial charge in [0.1, 0.15) is 11.6 Å². The average Bonchev–Trinajstić information content (AvgIpc) is 3.31. The number of hydrogen-bond acceptors (Lipinski definition) is 6. The van der Waals surface area contributed by atoms with Crippen molar-refractivity contribution in [3.05, 3.63) is 59.5 Å². The Kier molecular flexibility index (Phi) is 5.93. The fourth-order valence-electron chi connectivity index (χ4n) is 4.01. The van der Waals surface area contributed by atoms with Crippen molar-refractivity contribution >= 4 is 5.91 Å². The van der Waals surface area contributed by atoms with Crippen LogP contribution < -0.4 is 0 Å². The molecule has 1 aliphatic carbocycles. The van der Waals surface area contributed by atoms with Gasteiger partial charge < -0.3 is 14.1 Å². The summed E-state index contributed by atoms with van der Waals surface area (Å²) in [6.45, 7) is 3.72. The normalized spacial score (nSPS) is 22.3. The van der Waals surface area contributed by atoms with Crippen LogP contribution in [-0.2, 0) is 16.1 Å². The first-order chi connectivity index (χ1) is 16.0. The zero-order valence-corrected chi connectivity index (χ0v) is 18.3. The number of halogens is 4. The highest BCUT2D eigenvalue weighted by atomic mass is 19.4. The lowest BCUT2D eigenvalue weighted by Crippen LogP contribution is -2.34. The van der Waals surface area contributed by atoms with E-state index >= 15 is 0 Å². The van der Waals surface area contributed by atoms with E-state index in [1.54, 1.807) is 26.0 Å². The van der Waals surface area contributed by atoms with E-state index in [9.17, 15) is 22.4 Å². The minimum Gasteiger partial charge on any atom is -0.480 e. The second-order valence-corrected chi connectivity index (χ2v) is 8.81. The van der Waals surface area contributed by atoms with Gasteiger partial charge in [-0.15, -0.1) is 10.2 Å². The van der Waals surface area contributed by atoms with Crippen LogP contribution in [0.25, 0.3) is 11.5 Å². The van der Waals surface area contributed by atoms with Gasteiger partial charge in [-0.25, -0.2) is 4.39 Å². The van der Waals surface area contributed by atoms with E-state index < -0.39 is 40.9 Å². The largest absolute Gasteiger partial charge is 0.480 e. The number of carbonyl (C=O) groups is 1. The Labute approximate surface area is 192 Å². The number of nitriles is 1. The Balaban J connectivity index is 1.49. The van der Waals surface area contributed by atoms with E-state index in [-0.39, 0.29) is 37.1 Å². The number of allylic oxidation sites excluding steroid dienone is 3. The molecule has 11 heteroatoms. The summed E-state index contributed by atoms with van der Waals surface area (Å²) in [5.74, 6) is -2.11. The quantitative estimate of drug-likeness (QED) is 0.588. The zero-order valence-electron chi connectivity index (χ0n) is 18.3. The third kappa shape index (κ3) is 4.66. The fourth-order valence-corrected chi connectivity index (χ4v) is 4.01. The Morgan fingerprint density at radius 2 is 2.09 bits per heavy atom. The predicted octanol–water partition coefficient (Wildman–Crippen LogP) is 4.55. The van der Waals surface area contributed by atoms with Crippen molar-refractivity contribution in [2.24, 2.45) is 11.3 Å². The number of rotatable bonds is 5. The Bertz CT molecular complexity index is 1210. The highest BCUT2D eigenvalue weighted by molar-refractivity contribution is 5.84. The molecular formula is C23H20F4N4O3. The average molecular weight is 476 g/mol. The summed E-state index contributed by atoms with van der Waals surface area (Å²) in [7, 11) is 0. The second-order valence-electron chi connectivity index (χ2n) is 8.81. The first-order valence-electron chi connectivity index (χ1n) is 10.4. The molecule has 1 saturated heterocycles. The van der Waals surface area contributed by atoms with Crippen LogP contribution in [0.2, 0.25) is 0 Å². The molecule has 7 nitrogen and oxygen atoms in total. The third-order valence-electron chi connectivity index (χ3n) is 5.67. The van der Waals surface area contributed by atoms with Gasteiger partial charge in [-0.05, 0) is 36.8 Å². The van der Waals surface area contributed by atoms with Crippen LogP contribution in [-0.4, -0.2) is 39.8 Å². The SMILES string of the molecule is CC1(C)CN(Cc2nnc(-c3cccc(F)c3)o2)C(=O)C1OC1=CCC(C#N)C(C(F)(F)F)=C1. The number of amides is 1. The van der Waals surface area contributed by atoms with Gasteiger partial charge in [-0.2, -0.15) is 18.4 Å². The molecule has 0 saturated carbocycles. The van der Waals surface area contributed by atoms with Gasteiger partial charge in [0.05, 0.1) is 24.1 Å². The van der Waals surface area contributed by atoms with Crippen LogP contribution in [0.1, 0.15) is 26.2 Å². The molecule has 0 spiro atoms. The molecule has 2 aromatic rings. The lowest BCUT2D eigenvalue weighted by Gasteiger charge is -2.27. The lowest BCUT2D eigenvalue weighted by molar-refractivity contribution is -0.137. The molecule has 2 heterocycles. The molecule has 34 heavy (non-hydrogen) atoms. The van der Waals surface area contributed by atoms with Crippen LogP contribution in [0, 0.1) is 28.5 Å². The molecule has 178 valence electrons.